The molecular formula is C20H28N2O2Si. The van der Waals surface area contributed by atoms with Crippen LogP contribution in [0.1, 0.15) is 34.6 Å². The molecule has 5 heteroatoms. The summed E-state index contributed by atoms with van der Waals surface area (Å²) in [5, 5.41) is 0. The molecule has 0 saturated heterocycles. The first kappa shape index (κ1) is 18.1. The zero-order valence-corrected chi connectivity index (χ0v) is 16.5. The average Bonchev–Trinajstić information content (AvgIpc) is 3.00. The van der Waals surface area contributed by atoms with Crippen LogP contribution in [0.3, 0.4) is 0 Å². The van der Waals surface area contributed by atoms with Gasteiger partial charge in [0.25, 0.3) is 0 Å². The van der Waals surface area contributed by atoms with Crippen LogP contribution < -0.4 is 0 Å². The Morgan fingerprint density at radius 2 is 1.96 bits per heavy atom. The molecule has 0 fully saturated rings. The Hall–Kier alpha value is -1.72. The van der Waals surface area contributed by atoms with E-state index >= 15 is 0 Å². The van der Waals surface area contributed by atoms with Crippen molar-refractivity contribution in [3.8, 4) is 11.3 Å². The summed E-state index contributed by atoms with van der Waals surface area (Å²) in [6.07, 6.45) is 7.46. The van der Waals surface area contributed by atoms with Gasteiger partial charge in [0.05, 0.1) is 11.9 Å². The molecule has 134 valence electrons. The number of carbonyl (C=O) groups is 1. The highest BCUT2D eigenvalue weighted by Crippen LogP contribution is 2.28. The monoisotopic (exact) mass is 356 g/mol. The van der Waals surface area contributed by atoms with E-state index in [0.717, 1.165) is 36.6 Å². The minimum absolute atomic E-state index is 0.380. The number of imidazole rings is 1. The van der Waals surface area contributed by atoms with E-state index in [9.17, 15) is 4.79 Å². The standard InChI is InChI=1S/C20H28N2O2Si/c1-25(2,3)11-10-24-15-22-19(13-21-20(22)14-23)18-9-8-16-6-4-5-7-17(16)12-18/h8-9,12-14H,4-7,10-11,15H2,1-3H3. The average molecular weight is 357 g/mol. The van der Waals surface area contributed by atoms with E-state index in [1.54, 1.807) is 6.20 Å². The van der Waals surface area contributed by atoms with Crippen molar-refractivity contribution in [2.24, 2.45) is 0 Å². The molecule has 0 amide bonds. The molecule has 0 saturated carbocycles. The zero-order chi connectivity index (χ0) is 17.9. The fourth-order valence-corrected chi connectivity index (χ4v) is 4.03. The van der Waals surface area contributed by atoms with Gasteiger partial charge in [-0.2, -0.15) is 0 Å². The summed E-state index contributed by atoms with van der Waals surface area (Å²) in [5.74, 6) is 0.431. The molecule has 3 rings (SSSR count). The smallest absolute Gasteiger partial charge is 0.185 e. The first-order valence-electron chi connectivity index (χ1n) is 9.18. The Labute approximate surface area is 151 Å². The van der Waals surface area contributed by atoms with Crippen LogP contribution in [-0.2, 0) is 24.3 Å². The maximum Gasteiger partial charge on any atom is 0.185 e. The minimum atomic E-state index is -1.11. The van der Waals surface area contributed by atoms with Gasteiger partial charge in [-0.3, -0.25) is 9.36 Å². The van der Waals surface area contributed by atoms with Crippen molar-refractivity contribution < 1.29 is 9.53 Å². The number of aryl methyl sites for hydroxylation is 2. The van der Waals surface area contributed by atoms with Crippen molar-refractivity contribution in [1.82, 2.24) is 9.55 Å². The van der Waals surface area contributed by atoms with E-state index in [-0.39, 0.29) is 0 Å². The molecule has 1 aliphatic carbocycles. The lowest BCUT2D eigenvalue weighted by Gasteiger charge is -2.18. The van der Waals surface area contributed by atoms with Crippen molar-refractivity contribution in [2.75, 3.05) is 6.61 Å². The molecule has 0 N–H and O–H groups in total. The van der Waals surface area contributed by atoms with Crippen molar-refractivity contribution in [2.45, 2.75) is 58.1 Å². The van der Waals surface area contributed by atoms with Gasteiger partial charge >= 0.3 is 0 Å². The molecule has 1 heterocycles. The molecular weight excluding hydrogens is 328 g/mol. The Balaban J connectivity index is 1.80. The van der Waals surface area contributed by atoms with E-state index in [1.165, 1.54) is 30.4 Å². The van der Waals surface area contributed by atoms with Crippen LogP contribution in [0.4, 0.5) is 0 Å². The second kappa shape index (κ2) is 7.66. The minimum Gasteiger partial charge on any atom is -0.361 e. The molecule has 0 unspecified atom stereocenters. The highest BCUT2D eigenvalue weighted by Gasteiger charge is 2.16. The summed E-state index contributed by atoms with van der Waals surface area (Å²) in [4.78, 5) is 15.6. The predicted molar refractivity (Wildman–Crippen MR) is 104 cm³/mol. The molecule has 1 aromatic heterocycles. The van der Waals surface area contributed by atoms with E-state index < -0.39 is 8.07 Å². The van der Waals surface area contributed by atoms with Crippen molar-refractivity contribution in [1.29, 1.82) is 0 Å². The number of aldehydes is 1. The van der Waals surface area contributed by atoms with Crippen LogP contribution in [0.25, 0.3) is 11.3 Å². The van der Waals surface area contributed by atoms with Crippen LogP contribution in [0.15, 0.2) is 24.4 Å². The quantitative estimate of drug-likeness (QED) is 0.415. The van der Waals surface area contributed by atoms with E-state index in [4.69, 9.17) is 4.74 Å². The topological polar surface area (TPSA) is 44.1 Å². The lowest BCUT2D eigenvalue weighted by molar-refractivity contribution is 0.0841. The van der Waals surface area contributed by atoms with Gasteiger partial charge in [0.1, 0.15) is 6.73 Å². The maximum atomic E-state index is 11.4. The van der Waals surface area contributed by atoms with Gasteiger partial charge in [-0.25, -0.2) is 4.98 Å². The second-order valence-corrected chi connectivity index (χ2v) is 13.7. The number of hydrogen-bond acceptors (Lipinski definition) is 3. The molecule has 25 heavy (non-hydrogen) atoms. The van der Waals surface area contributed by atoms with Crippen LogP contribution in [0.5, 0.6) is 0 Å². The second-order valence-electron chi connectivity index (χ2n) is 8.09. The van der Waals surface area contributed by atoms with Gasteiger partial charge in [0, 0.05) is 20.2 Å². The molecule has 4 nitrogen and oxygen atoms in total. The van der Waals surface area contributed by atoms with E-state index in [2.05, 4.69) is 42.8 Å². The van der Waals surface area contributed by atoms with Crippen molar-refractivity contribution >= 4 is 14.4 Å². The molecule has 0 spiro atoms. The highest BCUT2D eigenvalue weighted by molar-refractivity contribution is 6.76. The summed E-state index contributed by atoms with van der Waals surface area (Å²) >= 11 is 0. The summed E-state index contributed by atoms with van der Waals surface area (Å²) in [6, 6.07) is 7.76. The Morgan fingerprint density at radius 3 is 2.68 bits per heavy atom. The molecule has 0 atom stereocenters. The van der Waals surface area contributed by atoms with Crippen molar-refractivity contribution in [3.05, 3.63) is 41.3 Å². The number of aromatic nitrogens is 2. The third kappa shape index (κ3) is 4.47. The lowest BCUT2D eigenvalue weighted by Crippen LogP contribution is -2.22. The van der Waals surface area contributed by atoms with E-state index in [1.807, 2.05) is 4.57 Å². The predicted octanol–water partition coefficient (Wildman–Crippen LogP) is 4.55. The van der Waals surface area contributed by atoms with Gasteiger partial charge in [-0.05, 0) is 48.9 Å². The van der Waals surface area contributed by atoms with Gasteiger partial charge in [0.2, 0.25) is 0 Å². The number of hydrogen-bond donors (Lipinski definition) is 0. The lowest BCUT2D eigenvalue weighted by atomic mass is 9.90. The maximum absolute atomic E-state index is 11.4. The zero-order valence-electron chi connectivity index (χ0n) is 15.5. The molecule has 1 aromatic carbocycles. The molecule has 2 aromatic rings. The van der Waals surface area contributed by atoms with Gasteiger partial charge < -0.3 is 4.74 Å². The molecule has 1 aliphatic rings. The number of nitrogens with zero attached hydrogens (tertiary/aromatic N) is 2. The molecule has 0 radical (unpaired) electrons. The fourth-order valence-electron chi connectivity index (χ4n) is 3.28. The largest absolute Gasteiger partial charge is 0.361 e. The van der Waals surface area contributed by atoms with Gasteiger partial charge in [-0.1, -0.05) is 31.8 Å². The van der Waals surface area contributed by atoms with Gasteiger partial charge in [0.15, 0.2) is 12.1 Å². The number of rotatable bonds is 7. The first-order chi connectivity index (χ1) is 12.0. The summed E-state index contributed by atoms with van der Waals surface area (Å²) in [6.45, 7) is 8.12. The Kier molecular flexibility index (Phi) is 5.54. The number of fused-ring (bicyclic) bond motifs is 1. The summed E-state index contributed by atoms with van der Waals surface area (Å²) < 4.78 is 7.76. The van der Waals surface area contributed by atoms with Crippen LogP contribution >= 0.6 is 0 Å². The summed E-state index contributed by atoms with van der Waals surface area (Å²) in [5.41, 5.74) is 4.98. The molecule has 0 bridgehead atoms. The highest BCUT2D eigenvalue weighted by atomic mass is 28.3. The normalized spacial score (nSPS) is 14.4. The fraction of sp³-hybridized carbons (Fsp3) is 0.500. The third-order valence-corrected chi connectivity index (χ3v) is 6.56. The van der Waals surface area contributed by atoms with E-state index in [0.29, 0.717) is 12.6 Å². The van der Waals surface area contributed by atoms with Crippen LogP contribution in [-0.4, -0.2) is 30.5 Å². The van der Waals surface area contributed by atoms with Crippen LogP contribution in [0, 0.1) is 0 Å². The Bertz CT molecular complexity index is 747. The Morgan fingerprint density at radius 1 is 1.20 bits per heavy atom. The SMILES string of the molecule is C[Si](C)(C)CCOCn1c(-c2ccc3c(c2)CCCC3)cnc1C=O. The number of benzene rings is 1. The summed E-state index contributed by atoms with van der Waals surface area (Å²) in [7, 11) is -1.11. The first-order valence-corrected chi connectivity index (χ1v) is 12.9. The number of ether oxygens (including phenoxy) is 1. The van der Waals surface area contributed by atoms with Crippen LogP contribution in [0.2, 0.25) is 25.7 Å². The van der Waals surface area contributed by atoms with Crippen molar-refractivity contribution in [3.63, 3.8) is 0 Å². The third-order valence-electron chi connectivity index (χ3n) is 4.85. The number of carbonyl (C=O) groups excluding carboxylic acids is 1. The molecule has 0 aliphatic heterocycles. The van der Waals surface area contributed by atoms with Gasteiger partial charge in [-0.15, -0.1) is 0 Å².